The third kappa shape index (κ3) is 6.51. The second kappa shape index (κ2) is 8.70. The molecule has 0 aliphatic carbocycles. The highest BCUT2D eigenvalue weighted by atomic mass is 31.2. The number of aliphatic carboxylic acids is 2. The molecule has 1 rings (SSSR count). The van der Waals surface area contributed by atoms with Crippen molar-refractivity contribution in [1.82, 2.24) is 0 Å². The van der Waals surface area contributed by atoms with Crippen molar-refractivity contribution in [3.63, 3.8) is 0 Å². The molecule has 0 fully saturated rings. The second-order valence-corrected chi connectivity index (χ2v) is 7.97. The van der Waals surface area contributed by atoms with Gasteiger partial charge in [-0.25, -0.2) is 4.79 Å². The molecule has 6 N–H and O–H groups in total. The van der Waals surface area contributed by atoms with Gasteiger partial charge in [-0.2, -0.15) is 13.2 Å². The van der Waals surface area contributed by atoms with Crippen LogP contribution in [0.4, 0.5) is 13.2 Å². The number of hydrogen-bond acceptors (Lipinski definition) is 6. The number of aliphatic hydroxyl groups is 1. The molecular formula is C14H17F3NO8P. The molecule has 0 aliphatic heterocycles. The van der Waals surface area contributed by atoms with Crippen molar-refractivity contribution in [1.29, 1.82) is 0 Å². The molecule has 0 aromatic heterocycles. The van der Waals surface area contributed by atoms with Crippen molar-refractivity contribution in [2.75, 3.05) is 12.8 Å². The third-order valence-electron chi connectivity index (χ3n) is 3.42. The highest BCUT2D eigenvalue weighted by Crippen LogP contribution is 2.55. The molecule has 0 spiro atoms. The lowest BCUT2D eigenvalue weighted by molar-refractivity contribution is -0.143. The van der Waals surface area contributed by atoms with Gasteiger partial charge in [0.25, 0.3) is 0 Å². The summed E-state index contributed by atoms with van der Waals surface area (Å²) in [6.07, 6.45) is -6.21. The SMILES string of the molecule is NC(CCP(=O)(O)C(O)c1ccc(OCC(=O)O)c(C(F)(F)F)c1)C(=O)O. The van der Waals surface area contributed by atoms with Crippen molar-refractivity contribution in [3.05, 3.63) is 29.3 Å². The quantitative estimate of drug-likeness (QED) is 0.373. The molecular weight excluding hydrogens is 398 g/mol. The van der Waals surface area contributed by atoms with Gasteiger partial charge in [-0.3, -0.25) is 9.36 Å². The van der Waals surface area contributed by atoms with Crippen molar-refractivity contribution < 1.29 is 52.3 Å². The molecule has 3 unspecified atom stereocenters. The summed E-state index contributed by atoms with van der Waals surface area (Å²) in [5.41, 5.74) is 3.18. The number of aliphatic hydroxyl groups excluding tert-OH is 1. The first-order valence-corrected chi connectivity index (χ1v) is 9.20. The summed E-state index contributed by atoms with van der Waals surface area (Å²) in [7, 11) is -4.51. The smallest absolute Gasteiger partial charge is 0.419 e. The number of carboxylic acids is 2. The Hall–Kier alpha value is -2.14. The number of carboxylic acid groups (broad SMARTS) is 2. The van der Waals surface area contributed by atoms with Gasteiger partial charge in [0.2, 0.25) is 7.37 Å². The lowest BCUT2D eigenvalue weighted by Gasteiger charge is -2.21. The highest BCUT2D eigenvalue weighted by Gasteiger charge is 2.38. The van der Waals surface area contributed by atoms with E-state index >= 15 is 0 Å². The summed E-state index contributed by atoms with van der Waals surface area (Å²) in [6.45, 7) is -1.05. The first-order chi connectivity index (χ1) is 12.3. The van der Waals surface area contributed by atoms with Crippen LogP contribution in [0.15, 0.2) is 18.2 Å². The zero-order valence-electron chi connectivity index (χ0n) is 13.6. The molecule has 0 heterocycles. The Labute approximate surface area is 150 Å². The van der Waals surface area contributed by atoms with Crippen LogP contribution in [0, 0.1) is 0 Å². The standard InChI is InChI=1S/C14H17F3NO8P/c15-14(16,17)8-5-7(1-2-10(8)26-6-11(19)20)13(23)27(24,25)4-3-9(18)12(21)22/h1-2,5,9,13,23H,3-4,6,18H2,(H,19,20)(H,21,22)(H,24,25). The van der Waals surface area contributed by atoms with Gasteiger partial charge in [0, 0.05) is 6.16 Å². The van der Waals surface area contributed by atoms with Crippen LogP contribution in [-0.4, -0.2) is 51.0 Å². The highest BCUT2D eigenvalue weighted by molar-refractivity contribution is 7.58. The van der Waals surface area contributed by atoms with E-state index in [0.717, 1.165) is 6.07 Å². The summed E-state index contributed by atoms with van der Waals surface area (Å²) in [6, 6.07) is 0.474. The third-order valence-corrected chi connectivity index (χ3v) is 5.38. The molecule has 152 valence electrons. The van der Waals surface area contributed by atoms with E-state index in [1.54, 1.807) is 0 Å². The Morgan fingerprint density at radius 3 is 2.33 bits per heavy atom. The lowest BCUT2D eigenvalue weighted by Crippen LogP contribution is -2.31. The zero-order valence-corrected chi connectivity index (χ0v) is 14.5. The maximum Gasteiger partial charge on any atom is 0.419 e. The van der Waals surface area contributed by atoms with Crippen LogP contribution in [0.25, 0.3) is 0 Å². The van der Waals surface area contributed by atoms with Gasteiger partial charge in [0.15, 0.2) is 12.5 Å². The van der Waals surface area contributed by atoms with Gasteiger partial charge in [0.05, 0.1) is 5.56 Å². The topological polar surface area (TPSA) is 167 Å². The molecule has 0 aliphatic rings. The fourth-order valence-electron chi connectivity index (χ4n) is 2.00. The van der Waals surface area contributed by atoms with E-state index in [9.17, 15) is 37.3 Å². The zero-order chi connectivity index (χ0) is 21.0. The van der Waals surface area contributed by atoms with Gasteiger partial charge in [0.1, 0.15) is 11.8 Å². The molecule has 0 saturated carbocycles. The molecule has 13 heteroatoms. The van der Waals surface area contributed by atoms with Gasteiger partial charge in [-0.05, 0) is 24.1 Å². The predicted molar refractivity (Wildman–Crippen MR) is 84.5 cm³/mol. The number of halogens is 3. The number of alkyl halides is 3. The molecule has 3 atom stereocenters. The van der Waals surface area contributed by atoms with E-state index in [0.29, 0.717) is 12.1 Å². The number of rotatable bonds is 9. The van der Waals surface area contributed by atoms with E-state index < -0.39 is 73.4 Å². The molecule has 27 heavy (non-hydrogen) atoms. The van der Waals surface area contributed by atoms with Crippen LogP contribution in [0.2, 0.25) is 0 Å². The second-order valence-electron chi connectivity index (χ2n) is 5.52. The van der Waals surface area contributed by atoms with Crippen molar-refractivity contribution in [3.8, 4) is 5.75 Å². The first kappa shape index (κ1) is 22.9. The van der Waals surface area contributed by atoms with Crippen LogP contribution in [0.3, 0.4) is 0 Å². The first-order valence-electron chi connectivity index (χ1n) is 7.29. The summed E-state index contributed by atoms with van der Waals surface area (Å²) in [5, 5.41) is 27.1. The van der Waals surface area contributed by atoms with Crippen molar-refractivity contribution in [2.24, 2.45) is 5.73 Å². The maximum atomic E-state index is 13.1. The molecule has 1 aromatic carbocycles. The van der Waals surface area contributed by atoms with Crippen LogP contribution in [-0.2, 0) is 20.3 Å². The minimum absolute atomic E-state index is 0.363. The minimum Gasteiger partial charge on any atom is -0.481 e. The number of hydrogen-bond donors (Lipinski definition) is 5. The van der Waals surface area contributed by atoms with Crippen molar-refractivity contribution in [2.45, 2.75) is 24.5 Å². The van der Waals surface area contributed by atoms with Crippen LogP contribution >= 0.6 is 7.37 Å². The monoisotopic (exact) mass is 415 g/mol. The Kier molecular flexibility index (Phi) is 7.38. The van der Waals surface area contributed by atoms with E-state index in [4.69, 9.17) is 15.9 Å². The molecule has 1 aromatic rings. The minimum atomic E-state index is -4.99. The normalized spacial score (nSPS) is 16.2. The summed E-state index contributed by atoms with van der Waals surface area (Å²) in [4.78, 5) is 30.9. The Morgan fingerprint density at radius 1 is 1.26 bits per heavy atom. The molecule has 0 radical (unpaired) electrons. The van der Waals surface area contributed by atoms with E-state index in [1.165, 1.54) is 0 Å². The van der Waals surface area contributed by atoms with Gasteiger partial charge in [-0.15, -0.1) is 0 Å². The largest absolute Gasteiger partial charge is 0.481 e. The number of ether oxygens (including phenoxy) is 1. The van der Waals surface area contributed by atoms with Crippen LogP contribution in [0.5, 0.6) is 5.75 Å². The number of carbonyl (C=O) groups is 2. The summed E-state index contributed by atoms with van der Waals surface area (Å²) in [5.74, 6) is -6.01. The van der Waals surface area contributed by atoms with Crippen LogP contribution in [0.1, 0.15) is 23.4 Å². The van der Waals surface area contributed by atoms with Gasteiger partial charge < -0.3 is 30.7 Å². The summed E-state index contributed by atoms with van der Waals surface area (Å²) >= 11 is 0. The van der Waals surface area contributed by atoms with Gasteiger partial charge in [-0.1, -0.05) is 6.07 Å². The van der Waals surface area contributed by atoms with E-state index in [2.05, 4.69) is 4.74 Å². The Bertz CT molecular complexity index is 754. The number of nitrogens with two attached hydrogens (primary N) is 1. The molecule has 0 saturated heterocycles. The van der Waals surface area contributed by atoms with Gasteiger partial charge >= 0.3 is 18.1 Å². The van der Waals surface area contributed by atoms with Crippen molar-refractivity contribution >= 4 is 19.3 Å². The van der Waals surface area contributed by atoms with E-state index in [1.807, 2.05) is 0 Å². The number of benzene rings is 1. The molecule has 9 nitrogen and oxygen atoms in total. The molecule has 0 bridgehead atoms. The fourth-order valence-corrected chi connectivity index (χ4v) is 3.52. The average molecular weight is 415 g/mol. The fraction of sp³-hybridized carbons (Fsp3) is 0.429. The maximum absolute atomic E-state index is 13.1. The van der Waals surface area contributed by atoms with Crippen LogP contribution < -0.4 is 10.5 Å². The Morgan fingerprint density at radius 2 is 1.85 bits per heavy atom. The lowest BCUT2D eigenvalue weighted by atomic mass is 10.1. The van der Waals surface area contributed by atoms with E-state index in [-0.39, 0.29) is 0 Å². The Balaban J connectivity index is 3.12. The molecule has 0 amide bonds. The summed E-state index contributed by atoms with van der Waals surface area (Å²) < 4.78 is 56.1. The predicted octanol–water partition coefficient (Wildman–Crippen LogP) is 1.23. The average Bonchev–Trinajstić information content (AvgIpc) is 2.56.